The van der Waals surface area contributed by atoms with Gasteiger partial charge in [0, 0.05) is 13.0 Å². The lowest BCUT2D eigenvalue weighted by Gasteiger charge is -2.19. The Bertz CT molecular complexity index is 523. The van der Waals surface area contributed by atoms with Gasteiger partial charge in [-0.25, -0.2) is 0 Å². The molecule has 1 aromatic rings. The summed E-state index contributed by atoms with van der Waals surface area (Å²) >= 11 is 0. The number of carboxylic acids is 1. The largest absolute Gasteiger partial charge is 0.481 e. The molecule has 2 fully saturated rings. The van der Waals surface area contributed by atoms with Crippen LogP contribution in [0.1, 0.15) is 24.8 Å². The van der Waals surface area contributed by atoms with Gasteiger partial charge < -0.3 is 5.11 Å². The Labute approximate surface area is 104 Å². The molecule has 0 spiro atoms. The van der Waals surface area contributed by atoms with E-state index in [9.17, 15) is 14.7 Å². The Morgan fingerprint density at radius 1 is 1.39 bits per heavy atom. The summed E-state index contributed by atoms with van der Waals surface area (Å²) in [6, 6.07) is 7.44. The second kappa shape index (κ2) is 3.73. The zero-order chi connectivity index (χ0) is 12.8. The fourth-order valence-corrected chi connectivity index (χ4v) is 2.39. The van der Waals surface area contributed by atoms with Gasteiger partial charge in [-0.05, 0) is 30.5 Å². The molecule has 1 aliphatic carbocycles. The van der Waals surface area contributed by atoms with Gasteiger partial charge in [0.05, 0.1) is 11.1 Å². The molecule has 1 saturated heterocycles. The zero-order valence-corrected chi connectivity index (χ0v) is 9.85. The van der Waals surface area contributed by atoms with Gasteiger partial charge >= 0.3 is 5.97 Å². The SMILES string of the molecule is O=C1CCN(c2cccc(C3(C(=O)O)CC3)c2)N1. The number of benzene rings is 1. The highest BCUT2D eigenvalue weighted by molar-refractivity contribution is 5.86. The normalized spacial score (nSPS) is 20.7. The average molecular weight is 246 g/mol. The Morgan fingerprint density at radius 2 is 2.17 bits per heavy atom. The summed E-state index contributed by atoms with van der Waals surface area (Å²) in [6.07, 6.45) is 1.87. The molecule has 1 aromatic carbocycles. The van der Waals surface area contributed by atoms with Crippen LogP contribution < -0.4 is 10.4 Å². The van der Waals surface area contributed by atoms with E-state index in [0.29, 0.717) is 25.8 Å². The maximum Gasteiger partial charge on any atom is 0.314 e. The highest BCUT2D eigenvalue weighted by Gasteiger charge is 2.51. The summed E-state index contributed by atoms with van der Waals surface area (Å²) in [7, 11) is 0. The molecular formula is C13H14N2O3. The minimum Gasteiger partial charge on any atom is -0.481 e. The minimum atomic E-state index is -0.759. The molecule has 5 heteroatoms. The van der Waals surface area contributed by atoms with E-state index in [2.05, 4.69) is 5.43 Å². The van der Waals surface area contributed by atoms with Crippen molar-refractivity contribution in [2.24, 2.45) is 0 Å². The van der Waals surface area contributed by atoms with Gasteiger partial charge in [-0.15, -0.1) is 0 Å². The van der Waals surface area contributed by atoms with Crippen molar-refractivity contribution in [2.75, 3.05) is 11.6 Å². The molecule has 94 valence electrons. The van der Waals surface area contributed by atoms with E-state index in [0.717, 1.165) is 11.3 Å². The summed E-state index contributed by atoms with van der Waals surface area (Å²) in [5.41, 5.74) is 3.73. The molecule has 0 aromatic heterocycles. The number of hydrogen-bond acceptors (Lipinski definition) is 3. The predicted octanol–water partition coefficient (Wildman–Crippen LogP) is 1.04. The van der Waals surface area contributed by atoms with E-state index < -0.39 is 11.4 Å². The third kappa shape index (κ3) is 1.63. The molecule has 0 atom stereocenters. The number of carbonyl (C=O) groups excluding carboxylic acids is 1. The number of hydrogen-bond donors (Lipinski definition) is 2. The van der Waals surface area contributed by atoms with Crippen molar-refractivity contribution in [1.29, 1.82) is 0 Å². The van der Waals surface area contributed by atoms with Gasteiger partial charge in [0.1, 0.15) is 0 Å². The molecule has 1 aliphatic heterocycles. The molecule has 0 radical (unpaired) electrons. The number of carboxylic acid groups (broad SMARTS) is 1. The van der Waals surface area contributed by atoms with Crippen LogP contribution in [0, 0.1) is 0 Å². The third-order valence-corrected chi connectivity index (χ3v) is 3.69. The minimum absolute atomic E-state index is 0.000210. The molecule has 1 heterocycles. The first-order chi connectivity index (χ1) is 8.62. The summed E-state index contributed by atoms with van der Waals surface area (Å²) in [5.74, 6) is -0.759. The van der Waals surface area contributed by atoms with Crippen LogP contribution in [0.5, 0.6) is 0 Å². The Hall–Kier alpha value is -2.04. The van der Waals surface area contributed by atoms with Crippen molar-refractivity contribution in [2.45, 2.75) is 24.7 Å². The van der Waals surface area contributed by atoms with E-state index in [4.69, 9.17) is 0 Å². The first kappa shape index (κ1) is 11.1. The maximum absolute atomic E-state index is 11.3. The number of rotatable bonds is 3. The molecule has 5 nitrogen and oxygen atoms in total. The van der Waals surface area contributed by atoms with E-state index in [1.165, 1.54) is 0 Å². The highest BCUT2D eigenvalue weighted by atomic mass is 16.4. The van der Waals surface area contributed by atoms with Crippen molar-refractivity contribution < 1.29 is 14.7 Å². The molecule has 1 amide bonds. The van der Waals surface area contributed by atoms with Crippen molar-refractivity contribution in [3.63, 3.8) is 0 Å². The number of nitrogens with one attached hydrogen (secondary N) is 1. The van der Waals surface area contributed by atoms with Crippen LogP contribution in [0.25, 0.3) is 0 Å². The van der Waals surface area contributed by atoms with Crippen molar-refractivity contribution >= 4 is 17.6 Å². The van der Waals surface area contributed by atoms with Gasteiger partial charge in [-0.2, -0.15) is 0 Å². The third-order valence-electron chi connectivity index (χ3n) is 3.69. The van der Waals surface area contributed by atoms with E-state index in [1.54, 1.807) is 5.01 Å². The topological polar surface area (TPSA) is 69.6 Å². The number of aliphatic carboxylic acids is 1. The number of hydrazine groups is 1. The van der Waals surface area contributed by atoms with Gasteiger partial charge in [-0.1, -0.05) is 12.1 Å². The van der Waals surface area contributed by atoms with Crippen LogP contribution in [-0.2, 0) is 15.0 Å². The summed E-state index contributed by atoms with van der Waals surface area (Å²) in [4.78, 5) is 22.5. The summed E-state index contributed by atoms with van der Waals surface area (Å²) in [6.45, 7) is 0.627. The molecule has 2 aliphatic rings. The quantitative estimate of drug-likeness (QED) is 0.836. The summed E-state index contributed by atoms with van der Waals surface area (Å²) < 4.78 is 0. The molecule has 0 unspecified atom stereocenters. The second-order valence-corrected chi connectivity index (χ2v) is 4.87. The van der Waals surface area contributed by atoms with Crippen LogP contribution in [-0.4, -0.2) is 23.5 Å². The van der Waals surface area contributed by atoms with Gasteiger partial charge in [0.15, 0.2) is 0 Å². The molecular weight excluding hydrogens is 232 g/mol. The first-order valence-corrected chi connectivity index (χ1v) is 6.03. The zero-order valence-electron chi connectivity index (χ0n) is 9.85. The molecule has 0 bridgehead atoms. The second-order valence-electron chi connectivity index (χ2n) is 4.87. The van der Waals surface area contributed by atoms with Gasteiger partial charge in [0.2, 0.25) is 5.91 Å². The summed E-state index contributed by atoms with van der Waals surface area (Å²) in [5, 5.41) is 11.0. The molecule has 3 rings (SSSR count). The Morgan fingerprint density at radius 3 is 2.72 bits per heavy atom. The van der Waals surface area contributed by atoms with Crippen LogP contribution in [0.15, 0.2) is 24.3 Å². The highest BCUT2D eigenvalue weighted by Crippen LogP contribution is 2.49. The average Bonchev–Trinajstić information content (AvgIpc) is 3.07. The van der Waals surface area contributed by atoms with Crippen molar-refractivity contribution in [1.82, 2.24) is 5.43 Å². The monoisotopic (exact) mass is 246 g/mol. The lowest BCUT2D eigenvalue weighted by molar-refractivity contribution is -0.140. The first-order valence-electron chi connectivity index (χ1n) is 6.03. The lowest BCUT2D eigenvalue weighted by Crippen LogP contribution is -2.33. The molecule has 18 heavy (non-hydrogen) atoms. The number of anilines is 1. The molecule has 1 saturated carbocycles. The number of carbonyl (C=O) groups is 2. The smallest absolute Gasteiger partial charge is 0.314 e. The fraction of sp³-hybridized carbons (Fsp3) is 0.385. The standard InChI is InChI=1S/C13H14N2O3/c16-11-4-7-15(14-11)10-3-1-2-9(8-10)13(5-6-13)12(17)18/h1-3,8H,4-7H2,(H,14,16)(H,17,18). The van der Waals surface area contributed by atoms with E-state index in [1.807, 2.05) is 24.3 Å². The van der Waals surface area contributed by atoms with Crippen LogP contribution in [0.4, 0.5) is 5.69 Å². The van der Waals surface area contributed by atoms with Gasteiger partial charge in [-0.3, -0.25) is 20.0 Å². The van der Waals surface area contributed by atoms with E-state index in [-0.39, 0.29) is 5.91 Å². The number of amides is 1. The fourth-order valence-electron chi connectivity index (χ4n) is 2.39. The van der Waals surface area contributed by atoms with Gasteiger partial charge in [0.25, 0.3) is 0 Å². The Kier molecular flexibility index (Phi) is 2.29. The van der Waals surface area contributed by atoms with Crippen LogP contribution in [0.3, 0.4) is 0 Å². The van der Waals surface area contributed by atoms with Crippen LogP contribution >= 0.6 is 0 Å². The van der Waals surface area contributed by atoms with Crippen molar-refractivity contribution in [3.05, 3.63) is 29.8 Å². The number of nitrogens with zero attached hydrogens (tertiary/aromatic N) is 1. The van der Waals surface area contributed by atoms with E-state index >= 15 is 0 Å². The Balaban J connectivity index is 1.90. The van der Waals surface area contributed by atoms with Crippen molar-refractivity contribution in [3.8, 4) is 0 Å². The van der Waals surface area contributed by atoms with Crippen LogP contribution in [0.2, 0.25) is 0 Å². The lowest BCUT2D eigenvalue weighted by atomic mass is 9.96. The molecule has 2 N–H and O–H groups in total. The predicted molar refractivity (Wildman–Crippen MR) is 65.1 cm³/mol. The maximum atomic E-state index is 11.3.